The SMILES string of the molecule is Cc1cc(C2CCN(C(=O)[C@@]3(OC(=O)C(F)(F)F)C[C@@](C)(N(C)C)C[C@@H]3c3ccc(F)cc3F)CC2)n(-c2ccc(Cl)c(Cl)c2)n1. The van der Waals surface area contributed by atoms with Gasteiger partial charge in [0.1, 0.15) is 11.6 Å². The third kappa shape index (κ3) is 6.35. The van der Waals surface area contributed by atoms with Gasteiger partial charge in [0, 0.05) is 48.6 Å². The molecular weight excluding hydrogens is 654 g/mol. The number of halogens is 7. The van der Waals surface area contributed by atoms with E-state index in [-0.39, 0.29) is 37.4 Å². The predicted octanol–water partition coefficient (Wildman–Crippen LogP) is 7.21. The number of benzene rings is 2. The molecule has 5 rings (SSSR count). The summed E-state index contributed by atoms with van der Waals surface area (Å²) in [7, 11) is 3.35. The van der Waals surface area contributed by atoms with Crippen LogP contribution in [0, 0.1) is 18.6 Å². The Bertz CT molecular complexity index is 1660. The molecular formula is C32H33Cl2F5N4O3. The second kappa shape index (κ2) is 12.4. The molecule has 0 radical (unpaired) electrons. The molecule has 2 aliphatic rings. The van der Waals surface area contributed by atoms with Crippen molar-refractivity contribution in [3.05, 3.63) is 81.1 Å². The normalized spacial score (nSPS) is 24.1. The van der Waals surface area contributed by atoms with Crippen molar-refractivity contribution in [2.45, 2.75) is 68.7 Å². The van der Waals surface area contributed by atoms with Gasteiger partial charge in [0.15, 0.2) is 5.60 Å². The molecule has 2 heterocycles. The Kier molecular flexibility index (Phi) is 9.22. The number of hydrogen-bond donors (Lipinski definition) is 0. The Morgan fingerprint density at radius 2 is 1.70 bits per heavy atom. The number of nitrogens with zero attached hydrogens (tertiary/aromatic N) is 4. The smallest absolute Gasteiger partial charge is 0.442 e. The van der Waals surface area contributed by atoms with Crippen molar-refractivity contribution in [1.29, 1.82) is 0 Å². The van der Waals surface area contributed by atoms with Crippen LogP contribution in [0.5, 0.6) is 0 Å². The highest BCUT2D eigenvalue weighted by atomic mass is 35.5. The zero-order valence-electron chi connectivity index (χ0n) is 25.6. The number of esters is 1. The van der Waals surface area contributed by atoms with Crippen LogP contribution in [0.25, 0.3) is 5.69 Å². The first kappa shape index (κ1) is 34.1. The van der Waals surface area contributed by atoms with Crippen molar-refractivity contribution in [3.63, 3.8) is 0 Å². The van der Waals surface area contributed by atoms with Crippen LogP contribution in [-0.2, 0) is 14.3 Å². The summed E-state index contributed by atoms with van der Waals surface area (Å²) >= 11 is 12.3. The fourth-order valence-electron chi connectivity index (χ4n) is 6.73. The van der Waals surface area contributed by atoms with Crippen LogP contribution in [0.4, 0.5) is 22.0 Å². The van der Waals surface area contributed by atoms with Gasteiger partial charge in [-0.3, -0.25) is 4.79 Å². The molecule has 1 saturated carbocycles. The lowest BCUT2D eigenvalue weighted by Crippen LogP contribution is -2.57. The molecule has 0 bridgehead atoms. The average Bonchev–Trinajstić information content (AvgIpc) is 3.52. The predicted molar refractivity (Wildman–Crippen MR) is 162 cm³/mol. The molecule has 1 aliphatic heterocycles. The topological polar surface area (TPSA) is 67.7 Å². The zero-order chi connectivity index (χ0) is 33.8. The largest absolute Gasteiger partial charge is 0.490 e. The summed E-state index contributed by atoms with van der Waals surface area (Å²) in [6, 6.07) is 9.71. The van der Waals surface area contributed by atoms with Crippen molar-refractivity contribution >= 4 is 35.1 Å². The molecule has 1 amide bonds. The Hall–Kier alpha value is -3.22. The average molecular weight is 688 g/mol. The molecule has 14 heteroatoms. The molecule has 0 spiro atoms. The van der Waals surface area contributed by atoms with E-state index in [4.69, 9.17) is 27.9 Å². The van der Waals surface area contributed by atoms with E-state index in [2.05, 4.69) is 5.10 Å². The minimum atomic E-state index is -5.41. The summed E-state index contributed by atoms with van der Waals surface area (Å²) in [6.45, 7) is 3.79. The Morgan fingerprint density at radius 1 is 1.02 bits per heavy atom. The maximum absolute atomic E-state index is 15.3. The number of amides is 1. The third-order valence-electron chi connectivity index (χ3n) is 9.34. The highest BCUT2D eigenvalue weighted by Gasteiger charge is 2.64. The molecule has 0 N–H and O–H groups in total. The summed E-state index contributed by atoms with van der Waals surface area (Å²) in [4.78, 5) is 30.0. The number of hydrogen-bond acceptors (Lipinski definition) is 5. The van der Waals surface area contributed by atoms with Crippen LogP contribution >= 0.6 is 23.2 Å². The van der Waals surface area contributed by atoms with Crippen LogP contribution in [0.1, 0.15) is 61.4 Å². The molecule has 7 nitrogen and oxygen atoms in total. The quantitative estimate of drug-likeness (QED) is 0.203. The first-order valence-corrected chi connectivity index (χ1v) is 15.4. The number of aromatic nitrogens is 2. The fraction of sp³-hybridized carbons (Fsp3) is 0.469. The van der Waals surface area contributed by atoms with E-state index in [1.807, 2.05) is 13.0 Å². The lowest BCUT2D eigenvalue weighted by Gasteiger charge is -2.41. The minimum absolute atomic E-state index is 0.0298. The van der Waals surface area contributed by atoms with Crippen LogP contribution < -0.4 is 0 Å². The van der Waals surface area contributed by atoms with Gasteiger partial charge in [-0.15, -0.1) is 0 Å². The van der Waals surface area contributed by atoms with Gasteiger partial charge in [0.25, 0.3) is 5.91 Å². The summed E-state index contributed by atoms with van der Waals surface area (Å²) in [5.41, 5.74) is -1.30. The highest BCUT2D eigenvalue weighted by molar-refractivity contribution is 6.42. The second-order valence-corrected chi connectivity index (χ2v) is 13.4. The second-order valence-electron chi connectivity index (χ2n) is 12.6. The number of ether oxygens (including phenoxy) is 1. The molecule has 1 saturated heterocycles. The van der Waals surface area contributed by atoms with Crippen molar-refractivity contribution in [2.24, 2.45) is 0 Å². The van der Waals surface area contributed by atoms with Crippen LogP contribution in [-0.4, -0.2) is 76.0 Å². The molecule has 0 unspecified atom stereocenters. The Labute approximate surface area is 273 Å². The number of aryl methyl sites for hydroxylation is 1. The summed E-state index contributed by atoms with van der Waals surface area (Å²) in [6.07, 6.45) is -4.94. The number of piperidine rings is 1. The standard InChI is InChI=1S/C32H33Cl2F5N4O3/c1-18-13-27(43(40-18)21-6-8-24(33)25(34)15-21)19-9-11-42(12-10-19)28(44)31(46-29(45)32(37,38)39)17-30(2,41(3)4)16-23(31)22-7-5-20(35)14-26(22)36/h5-8,13-15,19,23H,9-12,16-17H2,1-4H3/t23-,30+,31-/m1/s1. The van der Waals surface area contributed by atoms with Crippen molar-refractivity contribution in [1.82, 2.24) is 19.6 Å². The van der Waals surface area contributed by atoms with Crippen molar-refractivity contribution in [3.8, 4) is 5.69 Å². The molecule has 3 atom stereocenters. The number of likely N-dealkylation sites (tertiary alicyclic amines) is 1. The van der Waals surface area contributed by atoms with Gasteiger partial charge in [0.05, 0.1) is 21.4 Å². The fourth-order valence-corrected chi connectivity index (χ4v) is 7.02. The number of carbonyl (C=O) groups excluding carboxylic acids is 2. The molecule has 1 aromatic heterocycles. The van der Waals surface area contributed by atoms with Crippen LogP contribution in [0.15, 0.2) is 42.5 Å². The van der Waals surface area contributed by atoms with Crippen LogP contribution in [0.3, 0.4) is 0 Å². The van der Waals surface area contributed by atoms with E-state index in [1.54, 1.807) is 48.8 Å². The van der Waals surface area contributed by atoms with E-state index in [9.17, 15) is 27.2 Å². The van der Waals surface area contributed by atoms with Gasteiger partial charge in [0.2, 0.25) is 0 Å². The molecule has 2 aromatic carbocycles. The van der Waals surface area contributed by atoms with Gasteiger partial charge in [-0.1, -0.05) is 29.3 Å². The number of carbonyl (C=O) groups is 2. The minimum Gasteiger partial charge on any atom is -0.442 e. The van der Waals surface area contributed by atoms with Gasteiger partial charge >= 0.3 is 12.1 Å². The van der Waals surface area contributed by atoms with E-state index < -0.39 is 46.7 Å². The van der Waals surface area contributed by atoms with Crippen LogP contribution in [0.2, 0.25) is 10.0 Å². The highest BCUT2D eigenvalue weighted by Crippen LogP contribution is 2.54. The van der Waals surface area contributed by atoms with Crippen molar-refractivity contribution < 1.29 is 36.3 Å². The Balaban J connectivity index is 1.49. The summed E-state index contributed by atoms with van der Waals surface area (Å²) in [5.74, 6) is -6.75. The third-order valence-corrected chi connectivity index (χ3v) is 10.1. The van der Waals surface area contributed by atoms with E-state index in [0.717, 1.165) is 23.5 Å². The molecule has 3 aromatic rings. The molecule has 248 valence electrons. The zero-order valence-corrected chi connectivity index (χ0v) is 27.1. The van der Waals surface area contributed by atoms with Gasteiger partial charge in [-0.25, -0.2) is 18.3 Å². The maximum Gasteiger partial charge on any atom is 0.490 e. The first-order valence-electron chi connectivity index (χ1n) is 14.7. The molecule has 2 fully saturated rings. The van der Waals surface area contributed by atoms with Gasteiger partial charge < -0.3 is 14.5 Å². The van der Waals surface area contributed by atoms with Crippen molar-refractivity contribution in [2.75, 3.05) is 27.2 Å². The van der Waals surface area contributed by atoms with E-state index in [0.29, 0.717) is 34.6 Å². The maximum atomic E-state index is 15.3. The number of alkyl halides is 3. The number of rotatable bonds is 6. The Morgan fingerprint density at radius 3 is 2.28 bits per heavy atom. The van der Waals surface area contributed by atoms with E-state index in [1.165, 1.54) is 4.90 Å². The first-order chi connectivity index (χ1) is 21.4. The van der Waals surface area contributed by atoms with Gasteiger partial charge in [-0.05, 0) is 83.1 Å². The van der Waals surface area contributed by atoms with E-state index >= 15 is 4.39 Å². The lowest BCUT2D eigenvalue weighted by molar-refractivity contribution is -0.218. The monoisotopic (exact) mass is 686 g/mol. The summed E-state index contributed by atoms with van der Waals surface area (Å²) < 4.78 is 77.2. The molecule has 46 heavy (non-hydrogen) atoms. The lowest BCUT2D eigenvalue weighted by atomic mass is 9.82. The summed E-state index contributed by atoms with van der Waals surface area (Å²) in [5, 5.41) is 5.35. The molecule has 1 aliphatic carbocycles. The van der Waals surface area contributed by atoms with Gasteiger partial charge in [-0.2, -0.15) is 18.3 Å².